The maximum atomic E-state index is 11.4. The van der Waals surface area contributed by atoms with E-state index in [2.05, 4.69) is 30.9 Å². The zero-order valence-corrected chi connectivity index (χ0v) is 12.8. The summed E-state index contributed by atoms with van der Waals surface area (Å²) < 4.78 is 5.49. The van der Waals surface area contributed by atoms with Gasteiger partial charge in [0, 0.05) is 24.2 Å². The number of aldehydes is 1. The highest BCUT2D eigenvalue weighted by Crippen LogP contribution is 2.34. The maximum absolute atomic E-state index is 11.4. The topological polar surface area (TPSA) is 29.5 Å². The van der Waals surface area contributed by atoms with Gasteiger partial charge >= 0.3 is 0 Å². The fourth-order valence-electron chi connectivity index (χ4n) is 2.67. The molecule has 0 unspecified atom stereocenters. The van der Waals surface area contributed by atoms with Crippen molar-refractivity contribution in [3.05, 3.63) is 34.9 Å². The molecule has 0 aromatic heterocycles. The molecule has 1 aromatic carbocycles. The fourth-order valence-corrected chi connectivity index (χ4v) is 2.67. The third-order valence-corrected chi connectivity index (χ3v) is 3.93. The monoisotopic (exact) mass is 273 g/mol. The first kappa shape index (κ1) is 14.8. The lowest BCUT2D eigenvalue weighted by molar-refractivity contribution is -0.105. The Morgan fingerprint density at radius 3 is 2.70 bits per heavy atom. The van der Waals surface area contributed by atoms with Crippen LogP contribution < -0.4 is 4.74 Å². The van der Waals surface area contributed by atoms with E-state index in [9.17, 15) is 4.79 Å². The summed E-state index contributed by atoms with van der Waals surface area (Å²) >= 11 is 0. The van der Waals surface area contributed by atoms with Crippen molar-refractivity contribution >= 4 is 11.9 Å². The Balaban J connectivity index is 2.54. The number of benzene rings is 1. The predicted octanol–water partition coefficient (Wildman–Crippen LogP) is 3.11. The lowest BCUT2D eigenvalue weighted by Gasteiger charge is -2.26. The third-order valence-electron chi connectivity index (χ3n) is 3.93. The summed E-state index contributed by atoms with van der Waals surface area (Å²) in [5.41, 5.74) is 4.36. The van der Waals surface area contributed by atoms with Crippen molar-refractivity contribution in [1.82, 2.24) is 4.90 Å². The predicted molar refractivity (Wildman–Crippen MR) is 82.2 cm³/mol. The molecule has 1 aliphatic rings. The van der Waals surface area contributed by atoms with E-state index in [0.717, 1.165) is 41.7 Å². The van der Waals surface area contributed by atoms with Gasteiger partial charge in [-0.15, -0.1) is 0 Å². The first-order valence-corrected chi connectivity index (χ1v) is 7.10. The molecule has 0 fully saturated rings. The van der Waals surface area contributed by atoms with Crippen molar-refractivity contribution in [2.75, 3.05) is 27.2 Å². The number of nitrogens with zero attached hydrogens (tertiary/aromatic N) is 1. The molecule has 1 aliphatic heterocycles. The summed E-state index contributed by atoms with van der Waals surface area (Å²) in [5.74, 6) is 1.32. The Morgan fingerprint density at radius 2 is 2.10 bits per heavy atom. The second-order valence-electron chi connectivity index (χ2n) is 5.72. The van der Waals surface area contributed by atoms with E-state index in [1.54, 1.807) is 7.11 Å². The lowest BCUT2D eigenvalue weighted by Crippen LogP contribution is -2.28. The molecular formula is C17H23NO2. The molecule has 108 valence electrons. The molecule has 1 heterocycles. The van der Waals surface area contributed by atoms with E-state index in [0.29, 0.717) is 12.5 Å². The average molecular weight is 273 g/mol. The maximum Gasteiger partial charge on any atom is 0.147 e. The number of likely N-dealkylation sites (N-methyl/N-ethyl adjacent to an activating group) is 1. The van der Waals surface area contributed by atoms with Gasteiger partial charge in [-0.05, 0) is 42.7 Å². The normalized spacial score (nSPS) is 16.6. The van der Waals surface area contributed by atoms with Gasteiger partial charge < -0.3 is 9.64 Å². The van der Waals surface area contributed by atoms with Gasteiger partial charge in [0.15, 0.2) is 0 Å². The van der Waals surface area contributed by atoms with E-state index < -0.39 is 0 Å². The van der Waals surface area contributed by atoms with Crippen LogP contribution in [-0.4, -0.2) is 38.4 Å². The second-order valence-corrected chi connectivity index (χ2v) is 5.72. The van der Waals surface area contributed by atoms with Crippen LogP contribution >= 0.6 is 0 Å². The molecule has 0 atom stereocenters. The lowest BCUT2D eigenvalue weighted by atomic mass is 9.90. The van der Waals surface area contributed by atoms with Crippen LogP contribution in [0.25, 0.3) is 5.57 Å². The Bertz CT molecular complexity index is 532. The van der Waals surface area contributed by atoms with Crippen LogP contribution in [0.4, 0.5) is 0 Å². The molecule has 0 saturated carbocycles. The zero-order valence-electron chi connectivity index (χ0n) is 12.8. The van der Waals surface area contributed by atoms with E-state index in [4.69, 9.17) is 4.74 Å². The summed E-state index contributed by atoms with van der Waals surface area (Å²) in [6.07, 6.45) is 1.88. The van der Waals surface area contributed by atoms with Gasteiger partial charge in [-0.2, -0.15) is 0 Å². The van der Waals surface area contributed by atoms with Crippen LogP contribution in [0.1, 0.15) is 37.3 Å². The number of hydrogen-bond acceptors (Lipinski definition) is 3. The number of carbonyl (C=O) groups is 1. The molecule has 0 radical (unpaired) electrons. The van der Waals surface area contributed by atoms with Gasteiger partial charge in [-0.1, -0.05) is 19.9 Å². The van der Waals surface area contributed by atoms with E-state index in [-0.39, 0.29) is 0 Å². The molecule has 3 nitrogen and oxygen atoms in total. The SMILES string of the molecule is COc1ccc(C(C)C)cc1C1=C(C=O)CN(C)CC1. The molecule has 0 amide bonds. The zero-order chi connectivity index (χ0) is 14.7. The molecular weight excluding hydrogens is 250 g/mol. The molecule has 0 bridgehead atoms. The first-order chi connectivity index (χ1) is 9.56. The minimum atomic E-state index is 0.464. The average Bonchev–Trinajstić information content (AvgIpc) is 2.46. The summed E-state index contributed by atoms with van der Waals surface area (Å²) in [7, 11) is 3.73. The summed E-state index contributed by atoms with van der Waals surface area (Å²) in [6, 6.07) is 6.29. The number of rotatable bonds is 4. The Hall–Kier alpha value is -1.61. The van der Waals surface area contributed by atoms with Crippen LogP contribution in [0.3, 0.4) is 0 Å². The van der Waals surface area contributed by atoms with E-state index >= 15 is 0 Å². The largest absolute Gasteiger partial charge is 0.496 e. The van der Waals surface area contributed by atoms with Crippen LogP contribution in [0, 0.1) is 0 Å². The number of carbonyl (C=O) groups excluding carboxylic acids is 1. The standard InChI is InChI=1S/C17H23NO2/c1-12(2)13-5-6-17(20-4)16(9-13)15-7-8-18(3)10-14(15)11-19/h5-6,9,11-12H,7-8,10H2,1-4H3. The van der Waals surface area contributed by atoms with Crippen LogP contribution in [0.5, 0.6) is 5.75 Å². The molecule has 0 aliphatic carbocycles. The molecule has 0 saturated heterocycles. The van der Waals surface area contributed by atoms with Gasteiger partial charge in [0.2, 0.25) is 0 Å². The Labute approximate surface area is 121 Å². The van der Waals surface area contributed by atoms with Crippen molar-refractivity contribution in [2.24, 2.45) is 0 Å². The smallest absolute Gasteiger partial charge is 0.147 e. The summed E-state index contributed by atoms with van der Waals surface area (Å²) in [6.45, 7) is 6.04. The highest BCUT2D eigenvalue weighted by Gasteiger charge is 2.20. The van der Waals surface area contributed by atoms with Gasteiger partial charge in [0.25, 0.3) is 0 Å². The molecule has 2 rings (SSSR count). The molecule has 1 aromatic rings. The minimum absolute atomic E-state index is 0.464. The third kappa shape index (κ3) is 2.93. The van der Waals surface area contributed by atoms with Crippen LogP contribution in [0.15, 0.2) is 23.8 Å². The first-order valence-electron chi connectivity index (χ1n) is 7.10. The quantitative estimate of drug-likeness (QED) is 0.789. The Kier molecular flexibility index (Phi) is 4.61. The second kappa shape index (κ2) is 6.23. The van der Waals surface area contributed by atoms with Gasteiger partial charge in [0.1, 0.15) is 12.0 Å². The van der Waals surface area contributed by atoms with Crippen LogP contribution in [-0.2, 0) is 4.79 Å². The molecule has 0 spiro atoms. The van der Waals surface area contributed by atoms with Gasteiger partial charge in [-0.3, -0.25) is 4.79 Å². The van der Waals surface area contributed by atoms with Crippen molar-refractivity contribution in [3.8, 4) is 5.75 Å². The van der Waals surface area contributed by atoms with Gasteiger partial charge in [0.05, 0.1) is 7.11 Å². The fraction of sp³-hybridized carbons (Fsp3) is 0.471. The number of ether oxygens (including phenoxy) is 1. The molecule has 20 heavy (non-hydrogen) atoms. The van der Waals surface area contributed by atoms with Crippen molar-refractivity contribution in [3.63, 3.8) is 0 Å². The number of methoxy groups -OCH3 is 1. The van der Waals surface area contributed by atoms with Crippen LogP contribution in [0.2, 0.25) is 0 Å². The van der Waals surface area contributed by atoms with E-state index in [1.807, 2.05) is 13.1 Å². The van der Waals surface area contributed by atoms with Crippen molar-refractivity contribution < 1.29 is 9.53 Å². The minimum Gasteiger partial charge on any atom is -0.496 e. The van der Waals surface area contributed by atoms with E-state index in [1.165, 1.54) is 5.56 Å². The molecule has 3 heteroatoms. The summed E-state index contributed by atoms with van der Waals surface area (Å²) in [5, 5.41) is 0. The molecule has 0 N–H and O–H groups in total. The summed E-state index contributed by atoms with van der Waals surface area (Å²) in [4.78, 5) is 13.6. The Morgan fingerprint density at radius 1 is 1.35 bits per heavy atom. The van der Waals surface area contributed by atoms with Crippen molar-refractivity contribution in [1.29, 1.82) is 0 Å². The van der Waals surface area contributed by atoms with Crippen molar-refractivity contribution in [2.45, 2.75) is 26.2 Å². The highest BCUT2D eigenvalue weighted by molar-refractivity contribution is 5.90. The number of hydrogen-bond donors (Lipinski definition) is 0. The van der Waals surface area contributed by atoms with Gasteiger partial charge in [-0.25, -0.2) is 0 Å². The highest BCUT2D eigenvalue weighted by atomic mass is 16.5.